The summed E-state index contributed by atoms with van der Waals surface area (Å²) < 4.78 is 0. The summed E-state index contributed by atoms with van der Waals surface area (Å²) in [4.78, 5) is 2.00. The van der Waals surface area contributed by atoms with E-state index in [0.717, 1.165) is 16.3 Å². The van der Waals surface area contributed by atoms with Gasteiger partial charge < -0.3 is 10.0 Å². The number of anilines is 1. The van der Waals surface area contributed by atoms with E-state index in [4.69, 9.17) is 16.7 Å². The minimum Gasteiger partial charge on any atom is -0.396 e. The van der Waals surface area contributed by atoms with Crippen LogP contribution in [0.3, 0.4) is 0 Å². The van der Waals surface area contributed by atoms with Crippen molar-refractivity contribution < 1.29 is 5.11 Å². The molecule has 0 bridgehead atoms. The van der Waals surface area contributed by atoms with Gasteiger partial charge in [0.1, 0.15) is 0 Å². The van der Waals surface area contributed by atoms with Crippen LogP contribution in [-0.2, 0) is 6.42 Å². The molecule has 0 aliphatic rings. The summed E-state index contributed by atoms with van der Waals surface area (Å²) >= 11 is 6.01. The van der Waals surface area contributed by atoms with E-state index in [1.807, 2.05) is 37.2 Å². The second kappa shape index (κ2) is 4.49. The van der Waals surface area contributed by atoms with E-state index in [1.54, 1.807) is 0 Å². The molecular weight excluding hydrogens is 186 g/mol. The summed E-state index contributed by atoms with van der Waals surface area (Å²) in [6.07, 6.45) is 0.604. The molecule has 1 N–H and O–H groups in total. The molecule has 0 amide bonds. The number of aliphatic hydroxyl groups excluding tert-OH is 1. The van der Waals surface area contributed by atoms with E-state index >= 15 is 0 Å². The lowest BCUT2D eigenvalue weighted by Crippen LogP contribution is -2.12. The number of halogens is 1. The number of hydrogen-bond acceptors (Lipinski definition) is 2. The molecule has 0 unspecified atom stereocenters. The Bertz CT molecular complexity index is 286. The summed E-state index contributed by atoms with van der Waals surface area (Å²) in [5.41, 5.74) is 2.08. The molecule has 72 valence electrons. The lowest BCUT2D eigenvalue weighted by Gasteiger charge is -2.17. The molecule has 0 saturated carbocycles. The Labute approximate surface area is 83.7 Å². The fourth-order valence-corrected chi connectivity index (χ4v) is 1.59. The summed E-state index contributed by atoms with van der Waals surface area (Å²) in [5.74, 6) is 0. The molecule has 0 saturated heterocycles. The van der Waals surface area contributed by atoms with Crippen LogP contribution < -0.4 is 4.90 Å². The van der Waals surface area contributed by atoms with Gasteiger partial charge in [-0.25, -0.2) is 0 Å². The Morgan fingerprint density at radius 2 is 2.08 bits per heavy atom. The topological polar surface area (TPSA) is 23.5 Å². The lowest BCUT2D eigenvalue weighted by atomic mass is 10.1. The van der Waals surface area contributed by atoms with Crippen LogP contribution in [0.15, 0.2) is 18.2 Å². The van der Waals surface area contributed by atoms with Gasteiger partial charge in [-0.3, -0.25) is 0 Å². The van der Waals surface area contributed by atoms with Crippen LogP contribution in [0.5, 0.6) is 0 Å². The first-order valence-electron chi connectivity index (χ1n) is 4.22. The van der Waals surface area contributed by atoms with Gasteiger partial charge in [0.2, 0.25) is 0 Å². The zero-order valence-corrected chi connectivity index (χ0v) is 8.67. The van der Waals surface area contributed by atoms with Gasteiger partial charge in [0.15, 0.2) is 0 Å². The van der Waals surface area contributed by atoms with Gasteiger partial charge in [0.05, 0.1) is 0 Å². The molecule has 0 aliphatic heterocycles. The fourth-order valence-electron chi connectivity index (χ4n) is 1.33. The monoisotopic (exact) mass is 199 g/mol. The van der Waals surface area contributed by atoms with Gasteiger partial charge in [-0.2, -0.15) is 0 Å². The standard InChI is InChI=1S/C10H14ClNO/c1-12(2)10-5-3-4-9(11)8(10)6-7-13/h3-5,13H,6-7H2,1-2H3. The van der Waals surface area contributed by atoms with Crippen LogP contribution in [0.1, 0.15) is 5.56 Å². The Morgan fingerprint density at radius 1 is 1.38 bits per heavy atom. The number of aliphatic hydroxyl groups is 1. The zero-order valence-electron chi connectivity index (χ0n) is 7.92. The molecular formula is C10H14ClNO. The first-order chi connectivity index (χ1) is 6.16. The van der Waals surface area contributed by atoms with Gasteiger partial charge >= 0.3 is 0 Å². The van der Waals surface area contributed by atoms with Crippen molar-refractivity contribution in [1.29, 1.82) is 0 Å². The molecule has 1 rings (SSSR count). The third kappa shape index (κ3) is 2.36. The first-order valence-corrected chi connectivity index (χ1v) is 4.60. The molecule has 2 nitrogen and oxygen atoms in total. The molecule has 13 heavy (non-hydrogen) atoms. The van der Waals surface area contributed by atoms with Crippen molar-refractivity contribution in [2.75, 3.05) is 25.6 Å². The number of benzene rings is 1. The van der Waals surface area contributed by atoms with Crippen LogP contribution in [-0.4, -0.2) is 25.8 Å². The maximum Gasteiger partial charge on any atom is 0.0472 e. The van der Waals surface area contributed by atoms with Gasteiger partial charge in [0, 0.05) is 31.4 Å². The molecule has 0 fully saturated rings. The normalized spacial score (nSPS) is 10.2. The number of hydrogen-bond donors (Lipinski definition) is 1. The predicted molar refractivity (Wildman–Crippen MR) is 56.6 cm³/mol. The minimum atomic E-state index is 0.130. The summed E-state index contributed by atoms with van der Waals surface area (Å²) in [7, 11) is 3.93. The second-order valence-corrected chi connectivity index (χ2v) is 3.51. The van der Waals surface area contributed by atoms with Gasteiger partial charge in [-0.15, -0.1) is 0 Å². The minimum absolute atomic E-state index is 0.130. The second-order valence-electron chi connectivity index (χ2n) is 3.11. The summed E-state index contributed by atoms with van der Waals surface area (Å²) in [6, 6.07) is 5.76. The average Bonchev–Trinajstić information content (AvgIpc) is 2.08. The average molecular weight is 200 g/mol. The highest BCUT2D eigenvalue weighted by Crippen LogP contribution is 2.26. The molecule has 0 spiro atoms. The van der Waals surface area contributed by atoms with E-state index < -0.39 is 0 Å². The maximum atomic E-state index is 8.87. The Hall–Kier alpha value is -0.730. The van der Waals surface area contributed by atoms with Crippen LogP contribution in [0.4, 0.5) is 5.69 Å². The summed E-state index contributed by atoms with van der Waals surface area (Å²) in [6.45, 7) is 0.130. The van der Waals surface area contributed by atoms with Gasteiger partial charge in [0.25, 0.3) is 0 Å². The Balaban J connectivity index is 3.09. The highest BCUT2D eigenvalue weighted by molar-refractivity contribution is 6.31. The predicted octanol–water partition coefficient (Wildman–Crippen LogP) is 1.94. The lowest BCUT2D eigenvalue weighted by molar-refractivity contribution is 0.300. The van der Waals surface area contributed by atoms with Crippen LogP contribution in [0, 0.1) is 0 Å². The van der Waals surface area contributed by atoms with Crippen molar-refractivity contribution >= 4 is 17.3 Å². The third-order valence-corrected chi connectivity index (χ3v) is 2.29. The molecule has 0 atom stereocenters. The molecule has 1 aromatic rings. The Kier molecular flexibility index (Phi) is 3.58. The van der Waals surface area contributed by atoms with Gasteiger partial charge in [-0.1, -0.05) is 17.7 Å². The fraction of sp³-hybridized carbons (Fsp3) is 0.400. The van der Waals surface area contributed by atoms with E-state index in [1.165, 1.54) is 0 Å². The van der Waals surface area contributed by atoms with Crippen molar-refractivity contribution in [3.8, 4) is 0 Å². The summed E-state index contributed by atoms with van der Waals surface area (Å²) in [5, 5.41) is 9.60. The van der Waals surface area contributed by atoms with Crippen molar-refractivity contribution in [1.82, 2.24) is 0 Å². The highest BCUT2D eigenvalue weighted by atomic mass is 35.5. The highest BCUT2D eigenvalue weighted by Gasteiger charge is 2.07. The van der Waals surface area contributed by atoms with Crippen molar-refractivity contribution in [3.63, 3.8) is 0 Å². The molecule has 0 aromatic heterocycles. The smallest absolute Gasteiger partial charge is 0.0472 e. The third-order valence-electron chi connectivity index (χ3n) is 1.94. The number of rotatable bonds is 3. The molecule has 0 heterocycles. The van der Waals surface area contributed by atoms with Crippen LogP contribution in [0.2, 0.25) is 5.02 Å². The van der Waals surface area contributed by atoms with Crippen molar-refractivity contribution in [2.24, 2.45) is 0 Å². The first kappa shape index (κ1) is 10.4. The van der Waals surface area contributed by atoms with Gasteiger partial charge in [-0.05, 0) is 24.1 Å². The van der Waals surface area contributed by atoms with E-state index in [9.17, 15) is 0 Å². The molecule has 0 radical (unpaired) electrons. The molecule has 0 aliphatic carbocycles. The largest absolute Gasteiger partial charge is 0.396 e. The SMILES string of the molecule is CN(C)c1cccc(Cl)c1CCO. The van der Waals surface area contributed by atoms with Crippen molar-refractivity contribution in [2.45, 2.75) is 6.42 Å². The van der Waals surface area contributed by atoms with E-state index in [0.29, 0.717) is 6.42 Å². The number of nitrogens with zero attached hydrogens (tertiary/aromatic N) is 1. The maximum absolute atomic E-state index is 8.87. The molecule has 1 aromatic carbocycles. The Morgan fingerprint density at radius 3 is 2.62 bits per heavy atom. The zero-order chi connectivity index (χ0) is 9.84. The van der Waals surface area contributed by atoms with E-state index in [2.05, 4.69) is 0 Å². The van der Waals surface area contributed by atoms with E-state index in [-0.39, 0.29) is 6.61 Å². The van der Waals surface area contributed by atoms with Crippen LogP contribution >= 0.6 is 11.6 Å². The van der Waals surface area contributed by atoms with Crippen molar-refractivity contribution in [3.05, 3.63) is 28.8 Å². The quantitative estimate of drug-likeness (QED) is 0.805. The molecule has 3 heteroatoms. The van der Waals surface area contributed by atoms with Crippen LogP contribution in [0.25, 0.3) is 0 Å².